The summed E-state index contributed by atoms with van der Waals surface area (Å²) in [6, 6.07) is 14.7. The van der Waals surface area contributed by atoms with Crippen LogP contribution in [0.15, 0.2) is 53.1 Å². The van der Waals surface area contributed by atoms with E-state index in [2.05, 4.69) is 15.5 Å². The lowest BCUT2D eigenvalue weighted by atomic mass is 9.95. The van der Waals surface area contributed by atoms with Gasteiger partial charge in [0, 0.05) is 10.6 Å². The highest BCUT2D eigenvalue weighted by molar-refractivity contribution is 6.30. The van der Waals surface area contributed by atoms with Gasteiger partial charge in [-0.3, -0.25) is 4.79 Å². The Bertz CT molecular complexity index is 1000. The Morgan fingerprint density at radius 3 is 2.76 bits per heavy atom. The number of nitrogens with one attached hydrogen (secondary N) is 1. The smallest absolute Gasteiger partial charge is 0.249 e. The van der Waals surface area contributed by atoms with Gasteiger partial charge in [0.25, 0.3) is 0 Å². The summed E-state index contributed by atoms with van der Waals surface area (Å²) in [5.41, 5.74) is 1.81. The number of nitrogens with zero attached hydrogens (tertiary/aromatic N) is 2. The molecule has 0 saturated carbocycles. The van der Waals surface area contributed by atoms with Crippen molar-refractivity contribution in [3.63, 3.8) is 0 Å². The molecule has 1 N–H and O–H groups in total. The quantitative estimate of drug-likeness (QED) is 0.670. The molecule has 3 aromatic rings. The van der Waals surface area contributed by atoms with Crippen molar-refractivity contribution in [1.82, 2.24) is 15.5 Å². The van der Waals surface area contributed by atoms with Crippen LogP contribution in [0.5, 0.6) is 5.75 Å². The number of fused-ring (bicyclic) bond motifs is 1. The summed E-state index contributed by atoms with van der Waals surface area (Å²) in [5.74, 6) is 1.35. The van der Waals surface area contributed by atoms with Crippen LogP contribution in [-0.2, 0) is 11.2 Å². The lowest BCUT2D eigenvalue weighted by Gasteiger charge is -2.27. The van der Waals surface area contributed by atoms with E-state index in [1.54, 1.807) is 6.07 Å². The molecule has 0 aliphatic carbocycles. The SMILES string of the molecule is CC(C)[C@@H](NC(=O)[C@H]1COc2ccc(Cl)cc2C1)c1nc(-c2ccccc2)no1. The van der Waals surface area contributed by atoms with Gasteiger partial charge in [-0.25, -0.2) is 0 Å². The topological polar surface area (TPSA) is 77.2 Å². The molecule has 1 amide bonds. The summed E-state index contributed by atoms with van der Waals surface area (Å²) < 4.78 is 11.2. The van der Waals surface area contributed by atoms with E-state index in [1.807, 2.05) is 56.3 Å². The van der Waals surface area contributed by atoms with E-state index in [1.165, 1.54) is 0 Å². The monoisotopic (exact) mass is 411 g/mol. The van der Waals surface area contributed by atoms with Gasteiger partial charge < -0.3 is 14.6 Å². The van der Waals surface area contributed by atoms with E-state index in [4.69, 9.17) is 20.9 Å². The summed E-state index contributed by atoms with van der Waals surface area (Å²) in [5, 5.41) is 7.77. The van der Waals surface area contributed by atoms with Crippen molar-refractivity contribution in [3.8, 4) is 17.1 Å². The van der Waals surface area contributed by atoms with Crippen LogP contribution in [0.4, 0.5) is 0 Å². The van der Waals surface area contributed by atoms with Gasteiger partial charge in [0.2, 0.25) is 17.6 Å². The van der Waals surface area contributed by atoms with Crippen LogP contribution in [0, 0.1) is 11.8 Å². The molecule has 7 heteroatoms. The maximum atomic E-state index is 12.9. The predicted molar refractivity (Wildman–Crippen MR) is 110 cm³/mol. The number of benzene rings is 2. The van der Waals surface area contributed by atoms with Gasteiger partial charge in [-0.15, -0.1) is 0 Å². The molecule has 0 fully saturated rings. The van der Waals surface area contributed by atoms with Crippen LogP contribution in [0.3, 0.4) is 0 Å². The number of hydrogen-bond acceptors (Lipinski definition) is 5. The molecule has 0 unspecified atom stereocenters. The number of carbonyl (C=O) groups excluding carboxylic acids is 1. The molecule has 1 aliphatic rings. The molecule has 2 atom stereocenters. The number of ether oxygens (including phenoxy) is 1. The van der Waals surface area contributed by atoms with Crippen LogP contribution >= 0.6 is 11.6 Å². The Kier molecular flexibility index (Phi) is 5.53. The summed E-state index contributed by atoms with van der Waals surface area (Å²) in [6.07, 6.45) is 0.575. The summed E-state index contributed by atoms with van der Waals surface area (Å²) >= 11 is 6.08. The van der Waals surface area contributed by atoms with Gasteiger partial charge in [0.15, 0.2) is 0 Å². The maximum Gasteiger partial charge on any atom is 0.249 e. The Labute approximate surface area is 174 Å². The summed E-state index contributed by atoms with van der Waals surface area (Å²) in [4.78, 5) is 17.5. The second kappa shape index (κ2) is 8.25. The van der Waals surface area contributed by atoms with Gasteiger partial charge in [-0.2, -0.15) is 4.98 Å². The first-order valence-electron chi connectivity index (χ1n) is 9.62. The molecule has 29 heavy (non-hydrogen) atoms. The number of rotatable bonds is 5. The van der Waals surface area contributed by atoms with E-state index in [-0.39, 0.29) is 23.8 Å². The van der Waals surface area contributed by atoms with Crippen molar-refractivity contribution >= 4 is 17.5 Å². The van der Waals surface area contributed by atoms with Gasteiger partial charge in [-0.1, -0.05) is 60.9 Å². The highest BCUT2D eigenvalue weighted by atomic mass is 35.5. The molecule has 6 nitrogen and oxygen atoms in total. The zero-order valence-corrected chi connectivity index (χ0v) is 17.0. The van der Waals surface area contributed by atoms with E-state index >= 15 is 0 Å². The highest BCUT2D eigenvalue weighted by Crippen LogP contribution is 2.31. The van der Waals surface area contributed by atoms with Crippen LogP contribution < -0.4 is 10.1 Å². The molecular formula is C22H22ClN3O3. The number of amides is 1. The summed E-state index contributed by atoms with van der Waals surface area (Å²) in [7, 11) is 0. The minimum atomic E-state index is -0.381. The molecule has 150 valence electrons. The lowest BCUT2D eigenvalue weighted by molar-refractivity contribution is -0.127. The second-order valence-electron chi connectivity index (χ2n) is 7.52. The first-order valence-corrected chi connectivity index (χ1v) is 9.99. The van der Waals surface area contributed by atoms with Crippen molar-refractivity contribution < 1.29 is 14.1 Å². The Morgan fingerprint density at radius 2 is 2.00 bits per heavy atom. The van der Waals surface area contributed by atoms with Crippen molar-refractivity contribution in [2.24, 2.45) is 11.8 Å². The highest BCUT2D eigenvalue weighted by Gasteiger charge is 2.31. The van der Waals surface area contributed by atoms with Crippen molar-refractivity contribution in [1.29, 1.82) is 0 Å². The molecule has 0 saturated heterocycles. The third-order valence-corrected chi connectivity index (χ3v) is 5.24. The van der Waals surface area contributed by atoms with Crippen LogP contribution in [0.25, 0.3) is 11.4 Å². The largest absolute Gasteiger partial charge is 0.492 e. The fourth-order valence-corrected chi connectivity index (χ4v) is 3.58. The average Bonchev–Trinajstić information content (AvgIpc) is 3.21. The Hall–Kier alpha value is -2.86. The number of aromatic nitrogens is 2. The molecule has 1 aliphatic heterocycles. The molecule has 2 aromatic carbocycles. The van der Waals surface area contributed by atoms with Crippen molar-refractivity contribution in [2.75, 3.05) is 6.61 Å². The van der Waals surface area contributed by atoms with Crippen LogP contribution in [0.1, 0.15) is 31.3 Å². The summed E-state index contributed by atoms with van der Waals surface area (Å²) in [6.45, 7) is 4.33. The molecular weight excluding hydrogens is 390 g/mol. The lowest BCUT2D eigenvalue weighted by Crippen LogP contribution is -2.40. The fraction of sp³-hybridized carbons (Fsp3) is 0.318. The zero-order chi connectivity index (χ0) is 20.4. The standard InChI is InChI=1S/C22H22ClN3O3/c1-13(2)19(22-25-20(26-29-22)14-6-4-3-5-7-14)24-21(27)16-10-15-11-17(23)8-9-18(15)28-12-16/h3-9,11,13,16,19H,10,12H2,1-2H3,(H,24,27)/t16-,19-/m1/s1. The zero-order valence-electron chi connectivity index (χ0n) is 16.3. The van der Waals surface area contributed by atoms with Gasteiger partial charge in [0.05, 0.1) is 5.92 Å². The Morgan fingerprint density at radius 1 is 1.21 bits per heavy atom. The van der Waals surface area contributed by atoms with Crippen molar-refractivity contribution in [3.05, 3.63) is 65.0 Å². The third kappa shape index (κ3) is 4.27. The number of carbonyl (C=O) groups is 1. The molecule has 0 bridgehead atoms. The normalized spacial score (nSPS) is 16.8. The maximum absolute atomic E-state index is 12.9. The van der Waals surface area contributed by atoms with Gasteiger partial charge in [-0.05, 0) is 36.1 Å². The molecule has 0 radical (unpaired) electrons. The van der Waals surface area contributed by atoms with Gasteiger partial charge in [0.1, 0.15) is 18.4 Å². The third-order valence-electron chi connectivity index (χ3n) is 5.00. The minimum absolute atomic E-state index is 0.0780. The number of hydrogen-bond donors (Lipinski definition) is 1. The fourth-order valence-electron chi connectivity index (χ4n) is 3.38. The molecule has 1 aromatic heterocycles. The first kappa shape index (κ1) is 19.5. The van der Waals surface area contributed by atoms with Crippen molar-refractivity contribution in [2.45, 2.75) is 26.3 Å². The number of halogens is 1. The molecule has 4 rings (SSSR count). The Balaban J connectivity index is 1.49. The van der Waals surface area contributed by atoms with Crippen LogP contribution in [0.2, 0.25) is 5.02 Å². The van der Waals surface area contributed by atoms with Gasteiger partial charge >= 0.3 is 0 Å². The molecule has 2 heterocycles. The van der Waals surface area contributed by atoms with E-state index in [0.717, 1.165) is 16.9 Å². The predicted octanol–water partition coefficient (Wildman–Crippen LogP) is 4.45. The minimum Gasteiger partial charge on any atom is -0.492 e. The van der Waals surface area contributed by atoms with E-state index < -0.39 is 0 Å². The molecule has 0 spiro atoms. The van der Waals surface area contributed by atoms with E-state index in [9.17, 15) is 4.79 Å². The second-order valence-corrected chi connectivity index (χ2v) is 7.95. The average molecular weight is 412 g/mol. The van der Waals surface area contributed by atoms with E-state index in [0.29, 0.717) is 29.8 Å². The first-order chi connectivity index (χ1) is 14.0. The van der Waals surface area contributed by atoms with Crippen LogP contribution in [-0.4, -0.2) is 22.7 Å².